The Morgan fingerprint density at radius 2 is 1.90 bits per heavy atom. The monoisotopic (exact) mass is 292 g/mol. The molecule has 1 aromatic rings. The van der Waals surface area contributed by atoms with Gasteiger partial charge in [0, 0.05) is 11.7 Å². The highest BCUT2D eigenvalue weighted by Crippen LogP contribution is 2.23. The van der Waals surface area contributed by atoms with Gasteiger partial charge in [-0.2, -0.15) is 0 Å². The topological polar surface area (TPSA) is 58.2 Å². The van der Waals surface area contributed by atoms with E-state index in [1.54, 1.807) is 19.1 Å². The van der Waals surface area contributed by atoms with Gasteiger partial charge in [-0.15, -0.1) is 0 Å². The van der Waals surface area contributed by atoms with Crippen LogP contribution in [0.5, 0.6) is 0 Å². The standard InChI is InChI=1S/C16H21FN2O2/c1-10-7-8-12(9-13(10)17)18-15(20)16(21)19-14-6-4-3-5-11(14)2/h7-9,11,14H,3-6H2,1-2H3,(H,18,20)(H,19,21)/t11-,14+/m0/s1. The van der Waals surface area contributed by atoms with Gasteiger partial charge < -0.3 is 10.6 Å². The Bertz CT molecular complexity index is 545. The van der Waals surface area contributed by atoms with Crippen LogP contribution in [0, 0.1) is 18.7 Å². The maximum atomic E-state index is 13.4. The number of benzene rings is 1. The van der Waals surface area contributed by atoms with Crippen molar-refractivity contribution in [3.8, 4) is 0 Å². The van der Waals surface area contributed by atoms with Gasteiger partial charge in [-0.1, -0.05) is 25.8 Å². The number of aryl methyl sites for hydroxylation is 1. The molecule has 5 heteroatoms. The van der Waals surface area contributed by atoms with Crippen molar-refractivity contribution < 1.29 is 14.0 Å². The Morgan fingerprint density at radius 3 is 2.57 bits per heavy atom. The largest absolute Gasteiger partial charge is 0.345 e. The van der Waals surface area contributed by atoms with Crippen LogP contribution in [0.1, 0.15) is 38.2 Å². The highest BCUT2D eigenvalue weighted by atomic mass is 19.1. The average molecular weight is 292 g/mol. The zero-order chi connectivity index (χ0) is 15.4. The molecule has 2 N–H and O–H groups in total. The number of halogens is 1. The summed E-state index contributed by atoms with van der Waals surface area (Å²) in [4.78, 5) is 23.7. The van der Waals surface area contributed by atoms with E-state index >= 15 is 0 Å². The third kappa shape index (κ3) is 4.03. The molecule has 1 saturated carbocycles. The summed E-state index contributed by atoms with van der Waals surface area (Å²) < 4.78 is 13.4. The van der Waals surface area contributed by atoms with Crippen LogP contribution in [0.4, 0.5) is 10.1 Å². The normalized spacial score (nSPS) is 21.7. The van der Waals surface area contributed by atoms with Gasteiger partial charge in [0.25, 0.3) is 0 Å². The maximum Gasteiger partial charge on any atom is 0.313 e. The van der Waals surface area contributed by atoms with Gasteiger partial charge in [-0.05, 0) is 43.4 Å². The lowest BCUT2D eigenvalue weighted by Crippen LogP contribution is -2.45. The Balaban J connectivity index is 1.93. The first-order chi connectivity index (χ1) is 9.97. The third-order valence-electron chi connectivity index (χ3n) is 4.06. The second kappa shape index (κ2) is 6.70. The van der Waals surface area contributed by atoms with E-state index in [1.165, 1.54) is 12.5 Å². The molecule has 2 rings (SSSR count). The van der Waals surface area contributed by atoms with E-state index in [-0.39, 0.29) is 11.7 Å². The van der Waals surface area contributed by atoms with E-state index in [0.29, 0.717) is 11.5 Å². The van der Waals surface area contributed by atoms with E-state index in [1.807, 2.05) is 0 Å². The number of anilines is 1. The first-order valence-electron chi connectivity index (χ1n) is 7.35. The van der Waals surface area contributed by atoms with E-state index in [2.05, 4.69) is 17.6 Å². The fraction of sp³-hybridized carbons (Fsp3) is 0.500. The SMILES string of the molecule is Cc1ccc(NC(=O)C(=O)N[C@@H]2CCCC[C@@H]2C)cc1F. The molecule has 0 spiro atoms. The summed E-state index contributed by atoms with van der Waals surface area (Å²) in [7, 11) is 0. The molecular weight excluding hydrogens is 271 g/mol. The molecule has 0 saturated heterocycles. The van der Waals surface area contributed by atoms with E-state index < -0.39 is 17.6 Å². The molecule has 0 unspecified atom stereocenters. The molecule has 2 atom stereocenters. The molecule has 21 heavy (non-hydrogen) atoms. The number of amides is 2. The van der Waals surface area contributed by atoms with Gasteiger partial charge in [0.05, 0.1) is 0 Å². The summed E-state index contributed by atoms with van der Waals surface area (Å²) in [5.41, 5.74) is 0.781. The average Bonchev–Trinajstić information content (AvgIpc) is 2.45. The smallest absolute Gasteiger partial charge is 0.313 e. The molecule has 1 aliphatic carbocycles. The van der Waals surface area contributed by atoms with Crippen LogP contribution in [-0.4, -0.2) is 17.9 Å². The Kier molecular flexibility index (Phi) is 4.94. The molecule has 0 heterocycles. The fourth-order valence-corrected chi connectivity index (χ4v) is 2.62. The summed E-state index contributed by atoms with van der Waals surface area (Å²) in [5, 5.41) is 5.19. The maximum absolute atomic E-state index is 13.4. The molecule has 1 aromatic carbocycles. The molecule has 0 aliphatic heterocycles. The van der Waals surface area contributed by atoms with Crippen LogP contribution in [0.3, 0.4) is 0 Å². The minimum Gasteiger partial charge on any atom is -0.345 e. The van der Waals surface area contributed by atoms with Gasteiger partial charge >= 0.3 is 11.8 Å². The summed E-state index contributed by atoms with van der Waals surface area (Å²) in [6.45, 7) is 3.72. The molecular formula is C16H21FN2O2. The molecule has 2 amide bonds. The number of hydrogen-bond donors (Lipinski definition) is 2. The van der Waals surface area contributed by atoms with Crippen molar-refractivity contribution in [3.63, 3.8) is 0 Å². The first kappa shape index (κ1) is 15.5. The van der Waals surface area contributed by atoms with Crippen molar-refractivity contribution in [2.75, 3.05) is 5.32 Å². The number of hydrogen-bond acceptors (Lipinski definition) is 2. The van der Waals surface area contributed by atoms with Crippen LogP contribution in [0.15, 0.2) is 18.2 Å². The van der Waals surface area contributed by atoms with Gasteiger partial charge in [0.2, 0.25) is 0 Å². The number of nitrogens with one attached hydrogen (secondary N) is 2. The van der Waals surface area contributed by atoms with E-state index in [0.717, 1.165) is 19.3 Å². The fourth-order valence-electron chi connectivity index (χ4n) is 2.62. The predicted molar refractivity (Wildman–Crippen MR) is 79.3 cm³/mol. The van der Waals surface area contributed by atoms with Crippen molar-refractivity contribution in [1.82, 2.24) is 5.32 Å². The Hall–Kier alpha value is -1.91. The van der Waals surface area contributed by atoms with Crippen LogP contribution in [0.2, 0.25) is 0 Å². The highest BCUT2D eigenvalue weighted by Gasteiger charge is 2.25. The summed E-state index contributed by atoms with van der Waals surface area (Å²) in [5.74, 6) is -1.44. The Labute approximate surface area is 124 Å². The molecule has 1 aliphatic rings. The van der Waals surface area contributed by atoms with Gasteiger partial charge in [-0.25, -0.2) is 4.39 Å². The van der Waals surface area contributed by atoms with Gasteiger partial charge in [0.1, 0.15) is 5.82 Å². The summed E-state index contributed by atoms with van der Waals surface area (Å²) in [6.07, 6.45) is 4.21. The predicted octanol–water partition coefficient (Wildman–Crippen LogP) is 2.77. The second-order valence-electron chi connectivity index (χ2n) is 5.76. The number of carbonyl (C=O) groups excluding carboxylic acids is 2. The van der Waals surface area contributed by atoms with E-state index in [9.17, 15) is 14.0 Å². The lowest BCUT2D eigenvalue weighted by Gasteiger charge is -2.29. The third-order valence-corrected chi connectivity index (χ3v) is 4.06. The highest BCUT2D eigenvalue weighted by molar-refractivity contribution is 6.39. The lowest BCUT2D eigenvalue weighted by molar-refractivity contribution is -0.137. The summed E-state index contributed by atoms with van der Waals surface area (Å²) in [6, 6.07) is 4.40. The molecule has 0 radical (unpaired) electrons. The van der Waals surface area contributed by atoms with Gasteiger partial charge in [-0.3, -0.25) is 9.59 Å². The molecule has 0 aromatic heterocycles. The second-order valence-corrected chi connectivity index (χ2v) is 5.76. The van der Waals surface area contributed by atoms with Gasteiger partial charge in [0.15, 0.2) is 0 Å². The van der Waals surface area contributed by atoms with Crippen LogP contribution >= 0.6 is 0 Å². The summed E-state index contributed by atoms with van der Waals surface area (Å²) >= 11 is 0. The van der Waals surface area contributed by atoms with E-state index in [4.69, 9.17) is 0 Å². The number of carbonyl (C=O) groups is 2. The molecule has 114 valence electrons. The zero-order valence-corrected chi connectivity index (χ0v) is 12.4. The molecule has 1 fully saturated rings. The van der Waals surface area contributed by atoms with Crippen LogP contribution < -0.4 is 10.6 Å². The van der Waals surface area contributed by atoms with Crippen molar-refractivity contribution in [3.05, 3.63) is 29.6 Å². The van der Waals surface area contributed by atoms with Crippen molar-refractivity contribution in [2.45, 2.75) is 45.6 Å². The molecule has 4 nitrogen and oxygen atoms in total. The van der Waals surface area contributed by atoms with Crippen molar-refractivity contribution in [2.24, 2.45) is 5.92 Å². The van der Waals surface area contributed by atoms with Crippen LogP contribution in [-0.2, 0) is 9.59 Å². The first-order valence-corrected chi connectivity index (χ1v) is 7.35. The number of rotatable bonds is 2. The Morgan fingerprint density at radius 1 is 1.19 bits per heavy atom. The van der Waals surface area contributed by atoms with Crippen LogP contribution in [0.25, 0.3) is 0 Å². The van der Waals surface area contributed by atoms with Crippen molar-refractivity contribution in [1.29, 1.82) is 0 Å². The minimum atomic E-state index is -0.754. The minimum absolute atomic E-state index is 0.0479. The van der Waals surface area contributed by atoms with Crippen molar-refractivity contribution >= 4 is 17.5 Å². The quantitative estimate of drug-likeness (QED) is 0.823. The lowest BCUT2D eigenvalue weighted by atomic mass is 9.86. The molecule has 0 bridgehead atoms. The zero-order valence-electron chi connectivity index (χ0n) is 12.4.